The van der Waals surface area contributed by atoms with Crippen LogP contribution in [-0.2, 0) is 0 Å². The van der Waals surface area contributed by atoms with Crippen molar-refractivity contribution in [3.8, 4) is 0 Å². The Morgan fingerprint density at radius 1 is 1.56 bits per heavy atom. The molecule has 0 atom stereocenters. The largest absolute Gasteiger partial charge is 0.289 e. The maximum absolute atomic E-state index is 6.81. The average Bonchev–Trinajstić information content (AvgIpc) is 1.63. The van der Waals surface area contributed by atoms with Gasteiger partial charge in [0.25, 0.3) is 0 Å². The number of allylic oxidation sites excluding steroid dienone is 2. The maximum atomic E-state index is 6.81. The van der Waals surface area contributed by atoms with Crippen LogP contribution in [0.15, 0.2) is 11.1 Å². The molecule has 0 aliphatic heterocycles. The summed E-state index contributed by atoms with van der Waals surface area (Å²) in [6, 6.07) is 0. The third-order valence-electron chi connectivity index (χ3n) is 0.772. The Morgan fingerprint density at radius 3 is 2.44 bits per heavy atom. The zero-order valence-corrected chi connectivity index (χ0v) is 6.76. The monoisotopic (exact) mass is 165 g/mol. The molecule has 0 rings (SSSR count). The topological polar surface area (TPSA) is 23.9 Å². The van der Waals surface area contributed by atoms with Crippen LogP contribution in [0.1, 0.15) is 19.8 Å². The first-order valence-electron chi connectivity index (χ1n) is 2.77. The average molecular weight is 166 g/mol. The molecule has 0 saturated heterocycles. The summed E-state index contributed by atoms with van der Waals surface area (Å²) in [5.41, 5.74) is 0. The molecule has 0 spiro atoms. The zero-order chi connectivity index (χ0) is 7.28. The Kier molecular flexibility index (Phi) is 4.83. The lowest BCUT2D eigenvalue weighted by atomic mass is 10.3. The summed E-state index contributed by atoms with van der Waals surface area (Å²) in [7, 11) is 0. The second-order valence-electron chi connectivity index (χ2n) is 1.69. The minimum absolute atomic E-state index is 0.00606. The highest BCUT2D eigenvalue weighted by molar-refractivity contribution is 6.68. The molecule has 0 amide bonds. The van der Waals surface area contributed by atoms with Gasteiger partial charge in [-0.25, -0.2) is 0 Å². The van der Waals surface area contributed by atoms with E-state index in [1.165, 1.54) is 6.08 Å². The van der Waals surface area contributed by atoms with E-state index in [0.29, 0.717) is 5.03 Å². The third kappa shape index (κ3) is 5.87. The van der Waals surface area contributed by atoms with Crippen LogP contribution >= 0.6 is 23.2 Å². The summed E-state index contributed by atoms with van der Waals surface area (Å²) in [6.07, 6.45) is 3.24. The molecule has 0 aromatic carbocycles. The minimum atomic E-state index is -0.00606. The van der Waals surface area contributed by atoms with Gasteiger partial charge >= 0.3 is 0 Å². The van der Waals surface area contributed by atoms with Crippen molar-refractivity contribution in [2.75, 3.05) is 0 Å². The SMILES string of the molecule is CCCC(Cl)=CC(=N)Cl. The molecule has 52 valence electrons. The first kappa shape index (κ1) is 8.99. The molecule has 0 heterocycles. The fourth-order valence-electron chi connectivity index (χ4n) is 0.449. The molecule has 3 heteroatoms. The second kappa shape index (κ2) is 4.83. The Balaban J connectivity index is 3.69. The van der Waals surface area contributed by atoms with E-state index in [1.54, 1.807) is 0 Å². The van der Waals surface area contributed by atoms with Gasteiger partial charge in [0.1, 0.15) is 5.17 Å². The van der Waals surface area contributed by atoms with Gasteiger partial charge in [-0.3, -0.25) is 5.41 Å². The van der Waals surface area contributed by atoms with Crippen molar-refractivity contribution in [1.29, 1.82) is 5.41 Å². The molecule has 1 nitrogen and oxygen atoms in total. The molecular formula is C6H9Cl2N. The predicted octanol–water partition coefficient (Wildman–Crippen LogP) is 3.13. The molecule has 0 saturated carbocycles. The molecule has 0 aromatic heterocycles. The lowest BCUT2D eigenvalue weighted by Crippen LogP contribution is -1.78. The predicted molar refractivity (Wildman–Crippen MR) is 42.4 cm³/mol. The Labute approximate surface area is 65.2 Å². The zero-order valence-electron chi connectivity index (χ0n) is 5.25. The Hall–Kier alpha value is -0.0100. The fourth-order valence-corrected chi connectivity index (χ4v) is 0.934. The van der Waals surface area contributed by atoms with E-state index in [2.05, 4.69) is 0 Å². The van der Waals surface area contributed by atoms with Crippen molar-refractivity contribution in [3.63, 3.8) is 0 Å². The van der Waals surface area contributed by atoms with Gasteiger partial charge < -0.3 is 0 Å². The molecule has 0 aromatic rings. The molecule has 0 radical (unpaired) electrons. The van der Waals surface area contributed by atoms with Gasteiger partial charge in [-0.1, -0.05) is 36.5 Å². The Morgan fingerprint density at radius 2 is 2.11 bits per heavy atom. The lowest BCUT2D eigenvalue weighted by Gasteiger charge is -1.90. The number of halogens is 2. The van der Waals surface area contributed by atoms with Crippen molar-refractivity contribution in [2.24, 2.45) is 0 Å². The molecule has 1 N–H and O–H groups in total. The van der Waals surface area contributed by atoms with E-state index in [-0.39, 0.29) is 5.17 Å². The summed E-state index contributed by atoms with van der Waals surface area (Å²) in [5.74, 6) is 0. The molecule has 9 heavy (non-hydrogen) atoms. The molecule has 0 aliphatic carbocycles. The third-order valence-corrected chi connectivity index (χ3v) is 1.18. The number of nitrogens with one attached hydrogen (secondary N) is 1. The van der Waals surface area contributed by atoms with E-state index in [0.717, 1.165) is 12.8 Å². The van der Waals surface area contributed by atoms with Crippen LogP contribution in [-0.4, -0.2) is 5.17 Å². The quantitative estimate of drug-likeness (QED) is 0.622. The molecule has 0 bridgehead atoms. The molecule has 0 fully saturated rings. The van der Waals surface area contributed by atoms with Gasteiger partial charge in [-0.05, 0) is 12.5 Å². The van der Waals surface area contributed by atoms with Crippen molar-refractivity contribution in [1.82, 2.24) is 0 Å². The first-order valence-corrected chi connectivity index (χ1v) is 3.52. The van der Waals surface area contributed by atoms with Crippen molar-refractivity contribution < 1.29 is 0 Å². The molecular weight excluding hydrogens is 157 g/mol. The Bertz CT molecular complexity index is 129. The highest BCUT2D eigenvalue weighted by Crippen LogP contribution is 2.09. The van der Waals surface area contributed by atoms with Gasteiger partial charge in [-0.15, -0.1) is 0 Å². The van der Waals surface area contributed by atoms with Crippen molar-refractivity contribution in [3.05, 3.63) is 11.1 Å². The molecule has 0 unspecified atom stereocenters. The smallest absolute Gasteiger partial charge is 0.121 e. The van der Waals surface area contributed by atoms with Crippen LogP contribution in [0.4, 0.5) is 0 Å². The minimum Gasteiger partial charge on any atom is -0.289 e. The first-order chi connectivity index (χ1) is 4.16. The number of hydrogen-bond donors (Lipinski definition) is 1. The van der Waals surface area contributed by atoms with Crippen molar-refractivity contribution in [2.45, 2.75) is 19.8 Å². The highest BCUT2D eigenvalue weighted by Gasteiger charge is 1.90. The second-order valence-corrected chi connectivity index (χ2v) is 2.58. The summed E-state index contributed by atoms with van der Waals surface area (Å²) in [5, 5.41) is 7.45. The van der Waals surface area contributed by atoms with E-state index < -0.39 is 0 Å². The summed E-state index contributed by atoms with van der Waals surface area (Å²) in [4.78, 5) is 0. The maximum Gasteiger partial charge on any atom is 0.121 e. The van der Waals surface area contributed by atoms with Gasteiger partial charge in [0.05, 0.1) is 0 Å². The van der Waals surface area contributed by atoms with Crippen molar-refractivity contribution >= 4 is 28.4 Å². The van der Waals surface area contributed by atoms with Gasteiger partial charge in [-0.2, -0.15) is 0 Å². The van der Waals surface area contributed by atoms with E-state index >= 15 is 0 Å². The summed E-state index contributed by atoms with van der Waals surface area (Å²) >= 11 is 10.8. The fraction of sp³-hybridized carbons (Fsp3) is 0.500. The van der Waals surface area contributed by atoms with Crippen LogP contribution in [0.25, 0.3) is 0 Å². The summed E-state index contributed by atoms with van der Waals surface area (Å²) in [6.45, 7) is 2.02. The van der Waals surface area contributed by atoms with Crippen LogP contribution < -0.4 is 0 Å². The van der Waals surface area contributed by atoms with Crippen LogP contribution in [0.3, 0.4) is 0 Å². The number of rotatable bonds is 3. The normalized spacial score (nSPS) is 11.7. The van der Waals surface area contributed by atoms with Gasteiger partial charge in [0.2, 0.25) is 0 Å². The van der Waals surface area contributed by atoms with Gasteiger partial charge in [0.15, 0.2) is 0 Å². The standard InChI is InChI=1S/C6H9Cl2N/c1-2-3-5(7)4-6(8)9/h4,9H,2-3H2,1H3. The van der Waals surface area contributed by atoms with E-state index in [1.807, 2.05) is 6.92 Å². The lowest BCUT2D eigenvalue weighted by molar-refractivity contribution is 0.946. The number of hydrogen-bond acceptors (Lipinski definition) is 1. The summed E-state index contributed by atoms with van der Waals surface area (Å²) < 4.78 is 0. The molecule has 0 aliphatic rings. The van der Waals surface area contributed by atoms with E-state index in [4.69, 9.17) is 28.6 Å². The van der Waals surface area contributed by atoms with Gasteiger partial charge in [0, 0.05) is 5.03 Å². The van der Waals surface area contributed by atoms with Crippen LogP contribution in [0, 0.1) is 5.41 Å². The van der Waals surface area contributed by atoms with E-state index in [9.17, 15) is 0 Å². The van der Waals surface area contributed by atoms with Crippen LogP contribution in [0.2, 0.25) is 0 Å². The highest BCUT2D eigenvalue weighted by atomic mass is 35.5. The van der Waals surface area contributed by atoms with Crippen LogP contribution in [0.5, 0.6) is 0 Å².